The van der Waals surface area contributed by atoms with Crippen molar-refractivity contribution >= 4 is 11.8 Å². The van der Waals surface area contributed by atoms with E-state index in [1.54, 1.807) is 18.2 Å². The van der Waals surface area contributed by atoms with Gasteiger partial charge in [0.15, 0.2) is 22.5 Å². The van der Waals surface area contributed by atoms with E-state index in [1.807, 2.05) is 41.0 Å². The molecule has 1 heterocycles. The van der Waals surface area contributed by atoms with Crippen molar-refractivity contribution < 1.29 is 9.13 Å². The molecule has 0 bridgehead atoms. The van der Waals surface area contributed by atoms with Crippen molar-refractivity contribution in [3.8, 4) is 11.4 Å². The first-order chi connectivity index (χ1) is 11.8. The maximum atomic E-state index is 13.7. The van der Waals surface area contributed by atoms with E-state index < -0.39 is 5.82 Å². The molecular weight excluding hydrogens is 325 g/mol. The number of ether oxygens (including phenoxy) is 1. The molecule has 0 aliphatic carbocycles. The minimum absolute atomic E-state index is 0.122. The molecule has 3 aromatic rings. The molecule has 6 heteroatoms. The van der Waals surface area contributed by atoms with Crippen molar-refractivity contribution in [2.45, 2.75) is 11.8 Å². The van der Waals surface area contributed by atoms with Crippen LogP contribution in [0.2, 0.25) is 0 Å². The molecule has 0 amide bonds. The van der Waals surface area contributed by atoms with E-state index in [0.717, 1.165) is 16.6 Å². The Balaban J connectivity index is 1.88. The van der Waals surface area contributed by atoms with Gasteiger partial charge < -0.3 is 4.74 Å². The highest BCUT2D eigenvalue weighted by Gasteiger charge is 2.15. The van der Waals surface area contributed by atoms with Crippen LogP contribution < -0.4 is 4.74 Å². The van der Waals surface area contributed by atoms with Crippen LogP contribution in [0.15, 0.2) is 72.4 Å². The predicted octanol–water partition coefficient (Wildman–Crippen LogP) is 4.26. The van der Waals surface area contributed by atoms with E-state index >= 15 is 0 Å². The molecule has 24 heavy (non-hydrogen) atoms. The Morgan fingerprint density at radius 3 is 2.58 bits per heavy atom. The zero-order valence-electron chi connectivity index (χ0n) is 12.9. The zero-order valence-corrected chi connectivity index (χ0v) is 13.7. The lowest BCUT2D eigenvalue weighted by Crippen LogP contribution is -2.07. The lowest BCUT2D eigenvalue weighted by Gasteiger charge is -2.11. The molecule has 4 nitrogen and oxygen atoms in total. The molecule has 0 N–H and O–H groups in total. The van der Waals surface area contributed by atoms with Gasteiger partial charge in [-0.15, -0.1) is 16.8 Å². The van der Waals surface area contributed by atoms with Gasteiger partial charge in [-0.1, -0.05) is 48.2 Å². The van der Waals surface area contributed by atoms with Gasteiger partial charge in [0, 0.05) is 11.4 Å². The van der Waals surface area contributed by atoms with Crippen LogP contribution in [0.3, 0.4) is 0 Å². The number of nitrogens with zero attached hydrogens (tertiary/aromatic N) is 3. The van der Waals surface area contributed by atoms with Crippen molar-refractivity contribution in [2.24, 2.45) is 0 Å². The smallest absolute Gasteiger partial charge is 0.196 e. The van der Waals surface area contributed by atoms with Crippen molar-refractivity contribution in [3.63, 3.8) is 0 Å². The third kappa shape index (κ3) is 3.65. The number of rotatable bonds is 7. The first-order valence-corrected chi connectivity index (χ1v) is 8.39. The fourth-order valence-corrected chi connectivity index (χ4v) is 2.87. The first kappa shape index (κ1) is 16.3. The summed E-state index contributed by atoms with van der Waals surface area (Å²) < 4.78 is 21.2. The summed E-state index contributed by atoms with van der Waals surface area (Å²) in [6, 6.07) is 16.1. The van der Waals surface area contributed by atoms with Gasteiger partial charge in [-0.05, 0) is 24.3 Å². The molecule has 0 spiro atoms. The lowest BCUT2D eigenvalue weighted by atomic mass is 10.3. The number of aromatic nitrogens is 3. The predicted molar refractivity (Wildman–Crippen MR) is 93.0 cm³/mol. The van der Waals surface area contributed by atoms with E-state index in [1.165, 1.54) is 17.8 Å². The average Bonchev–Trinajstić information content (AvgIpc) is 3.03. The van der Waals surface area contributed by atoms with E-state index in [2.05, 4.69) is 16.8 Å². The fourth-order valence-electron chi connectivity index (χ4n) is 2.16. The maximum Gasteiger partial charge on any atom is 0.196 e. The second-order valence-electron chi connectivity index (χ2n) is 4.89. The Kier molecular flexibility index (Phi) is 5.28. The van der Waals surface area contributed by atoms with E-state index in [9.17, 15) is 4.39 Å². The molecule has 1 aromatic heterocycles. The molecule has 0 aliphatic rings. The first-order valence-electron chi connectivity index (χ1n) is 7.40. The molecule has 0 atom stereocenters. The fraction of sp³-hybridized carbons (Fsp3) is 0.111. The second-order valence-corrected chi connectivity index (χ2v) is 5.88. The van der Waals surface area contributed by atoms with Crippen LogP contribution in [-0.4, -0.2) is 20.5 Å². The monoisotopic (exact) mass is 341 g/mol. The second kappa shape index (κ2) is 7.79. The summed E-state index contributed by atoms with van der Waals surface area (Å²) in [6.45, 7) is 3.85. The standard InChI is InChI=1S/C18H16FN3OS/c1-2-12-24-18-21-20-17(22(18)14-8-4-3-5-9-14)13-23-16-11-7-6-10-15(16)19/h2-11H,1,12-13H2. The van der Waals surface area contributed by atoms with Gasteiger partial charge in [-0.2, -0.15) is 0 Å². The summed E-state index contributed by atoms with van der Waals surface area (Å²) in [5.74, 6) is 1.13. The van der Waals surface area contributed by atoms with Crippen LogP contribution >= 0.6 is 11.8 Å². The molecule has 122 valence electrons. The van der Waals surface area contributed by atoms with Crippen LogP contribution in [0.25, 0.3) is 5.69 Å². The Morgan fingerprint density at radius 2 is 1.83 bits per heavy atom. The number of benzene rings is 2. The van der Waals surface area contributed by atoms with Gasteiger partial charge in [0.25, 0.3) is 0 Å². The third-order valence-corrected chi connectivity index (χ3v) is 4.16. The Bertz CT molecular complexity index is 820. The summed E-state index contributed by atoms with van der Waals surface area (Å²) in [6.07, 6.45) is 1.81. The van der Waals surface area contributed by atoms with E-state index in [4.69, 9.17) is 4.74 Å². The summed E-state index contributed by atoms with van der Waals surface area (Å²) in [5, 5.41) is 9.16. The molecule has 0 fully saturated rings. The summed E-state index contributed by atoms with van der Waals surface area (Å²) in [7, 11) is 0. The molecule has 0 saturated carbocycles. The van der Waals surface area contributed by atoms with Crippen LogP contribution in [0, 0.1) is 5.82 Å². The molecule has 3 rings (SSSR count). The van der Waals surface area contributed by atoms with Crippen LogP contribution in [0.1, 0.15) is 5.82 Å². The van der Waals surface area contributed by atoms with Gasteiger partial charge >= 0.3 is 0 Å². The molecule has 0 aliphatic heterocycles. The zero-order chi connectivity index (χ0) is 16.8. The Labute approximate surface area is 144 Å². The Hall–Kier alpha value is -2.60. The highest BCUT2D eigenvalue weighted by atomic mass is 32.2. The van der Waals surface area contributed by atoms with Gasteiger partial charge in [0.05, 0.1) is 0 Å². The molecule has 2 aromatic carbocycles. The average molecular weight is 341 g/mol. The van der Waals surface area contributed by atoms with Gasteiger partial charge in [-0.25, -0.2) is 4.39 Å². The SMILES string of the molecule is C=CCSc1nnc(COc2ccccc2F)n1-c1ccccc1. The van der Waals surface area contributed by atoms with Gasteiger partial charge in [0.1, 0.15) is 6.61 Å². The number of thioether (sulfide) groups is 1. The van der Waals surface area contributed by atoms with Crippen LogP contribution in [0.5, 0.6) is 5.75 Å². The summed E-state index contributed by atoms with van der Waals surface area (Å²) >= 11 is 1.53. The number of hydrogen-bond donors (Lipinski definition) is 0. The molecule has 0 saturated heterocycles. The highest BCUT2D eigenvalue weighted by Crippen LogP contribution is 2.23. The number of para-hydroxylation sites is 2. The molecule has 0 unspecified atom stereocenters. The molecule has 0 radical (unpaired) electrons. The van der Waals surface area contributed by atoms with Crippen molar-refractivity contribution in [3.05, 3.63) is 78.9 Å². The summed E-state index contributed by atoms with van der Waals surface area (Å²) in [5.41, 5.74) is 0.932. The number of hydrogen-bond acceptors (Lipinski definition) is 4. The van der Waals surface area contributed by atoms with Gasteiger partial charge in [-0.3, -0.25) is 4.57 Å². The van der Waals surface area contributed by atoms with Crippen LogP contribution in [0.4, 0.5) is 4.39 Å². The normalized spacial score (nSPS) is 10.5. The Morgan fingerprint density at radius 1 is 1.08 bits per heavy atom. The highest BCUT2D eigenvalue weighted by molar-refractivity contribution is 7.99. The quantitative estimate of drug-likeness (QED) is 0.475. The van der Waals surface area contributed by atoms with E-state index in [-0.39, 0.29) is 12.4 Å². The third-order valence-electron chi connectivity index (χ3n) is 3.24. The number of halogens is 1. The van der Waals surface area contributed by atoms with Crippen molar-refractivity contribution in [1.82, 2.24) is 14.8 Å². The van der Waals surface area contributed by atoms with Crippen molar-refractivity contribution in [1.29, 1.82) is 0 Å². The summed E-state index contributed by atoms with van der Waals surface area (Å²) in [4.78, 5) is 0. The van der Waals surface area contributed by atoms with Crippen molar-refractivity contribution in [2.75, 3.05) is 5.75 Å². The topological polar surface area (TPSA) is 39.9 Å². The van der Waals surface area contributed by atoms with Gasteiger partial charge in [0.2, 0.25) is 0 Å². The van der Waals surface area contributed by atoms with E-state index in [0.29, 0.717) is 5.82 Å². The van der Waals surface area contributed by atoms with Crippen LogP contribution in [-0.2, 0) is 6.61 Å². The minimum Gasteiger partial charge on any atom is -0.483 e. The lowest BCUT2D eigenvalue weighted by molar-refractivity contribution is 0.278. The molecular formula is C18H16FN3OS. The maximum absolute atomic E-state index is 13.7. The largest absolute Gasteiger partial charge is 0.483 e. The minimum atomic E-state index is -0.399.